The number of carboxylic acid groups (broad SMARTS) is 1. The number of benzene rings is 2. The molecule has 0 aliphatic carbocycles. The molecule has 3 N–H and O–H groups in total. The van der Waals surface area contributed by atoms with E-state index in [2.05, 4.69) is 4.90 Å². The average molecular weight is 485 g/mol. The minimum Gasteiger partial charge on any atom is -0.487 e. The highest BCUT2D eigenvalue weighted by molar-refractivity contribution is 5.97. The lowest BCUT2D eigenvalue weighted by Gasteiger charge is -2.38. The van der Waals surface area contributed by atoms with Crippen LogP contribution in [-0.4, -0.2) is 48.4 Å². The second-order valence-electron chi connectivity index (χ2n) is 7.72. The van der Waals surface area contributed by atoms with Crippen molar-refractivity contribution in [3.63, 3.8) is 0 Å². The summed E-state index contributed by atoms with van der Waals surface area (Å²) < 4.78 is 22.7. The summed E-state index contributed by atoms with van der Waals surface area (Å²) in [6, 6.07) is 8.78. The summed E-state index contributed by atoms with van der Waals surface area (Å²) in [6.45, 7) is 11.2. The van der Waals surface area contributed by atoms with E-state index in [4.69, 9.17) is 10.5 Å². The van der Waals surface area contributed by atoms with E-state index in [1.54, 1.807) is 4.57 Å². The fraction of sp³-hybridized carbons (Fsp3) is 0.385. The lowest BCUT2D eigenvalue weighted by Crippen LogP contribution is -2.47. The Morgan fingerprint density at radius 1 is 1.00 bits per heavy atom. The van der Waals surface area contributed by atoms with E-state index in [0.29, 0.717) is 55.4 Å². The van der Waals surface area contributed by atoms with Gasteiger partial charge in [0.1, 0.15) is 17.9 Å². The third-order valence-electron chi connectivity index (χ3n) is 5.91. The van der Waals surface area contributed by atoms with Crippen LogP contribution in [0.4, 0.5) is 21.5 Å². The molecule has 1 aromatic heterocycles. The standard InChI is InChI=1S/C22H21FN4O4.2C2H6/c23-17-11-15-18-21(31-10-9-27(18)12-16(20(15)28)22(29)30)19(17)26-7-5-25(6-8-26)14-3-1-13(24)2-4-14;2*1-2/h1-4,11-12H,5-10,24H2,(H,29,30);2*1-2H3. The Labute approximate surface area is 204 Å². The number of rotatable bonds is 3. The smallest absolute Gasteiger partial charge is 0.341 e. The number of hydrogen-bond acceptors (Lipinski definition) is 6. The van der Waals surface area contributed by atoms with Gasteiger partial charge in [0, 0.05) is 43.8 Å². The molecule has 35 heavy (non-hydrogen) atoms. The van der Waals surface area contributed by atoms with E-state index in [0.717, 1.165) is 11.8 Å². The molecule has 3 aromatic rings. The first-order valence-electron chi connectivity index (χ1n) is 12.0. The van der Waals surface area contributed by atoms with Gasteiger partial charge in [0.05, 0.1) is 17.4 Å². The first-order chi connectivity index (χ1) is 16.9. The highest BCUT2D eigenvalue weighted by Gasteiger charge is 2.29. The van der Waals surface area contributed by atoms with Crippen LogP contribution in [0.3, 0.4) is 0 Å². The number of nitrogens with two attached hydrogens (primary N) is 1. The van der Waals surface area contributed by atoms with E-state index in [9.17, 15) is 14.7 Å². The Kier molecular flexibility index (Phi) is 8.22. The molecule has 0 radical (unpaired) electrons. The van der Waals surface area contributed by atoms with Gasteiger partial charge in [-0.05, 0) is 30.3 Å². The van der Waals surface area contributed by atoms with Crippen molar-refractivity contribution in [2.75, 3.05) is 48.3 Å². The SMILES string of the molecule is CC.CC.Nc1ccc(N2CCN(c3c(F)cc4c(=O)c(C(=O)O)cn5c4c3OCC5)CC2)cc1. The molecule has 0 amide bonds. The third kappa shape index (κ3) is 4.89. The quantitative estimate of drug-likeness (QED) is 0.538. The van der Waals surface area contributed by atoms with E-state index < -0.39 is 17.2 Å². The maximum Gasteiger partial charge on any atom is 0.341 e. The maximum absolute atomic E-state index is 15.2. The Hall–Kier alpha value is -3.75. The lowest BCUT2D eigenvalue weighted by atomic mass is 10.1. The van der Waals surface area contributed by atoms with Gasteiger partial charge in [-0.3, -0.25) is 4.79 Å². The number of aromatic nitrogens is 1. The molecule has 5 rings (SSSR count). The molecule has 2 aliphatic heterocycles. The number of hydrogen-bond donors (Lipinski definition) is 2. The van der Waals surface area contributed by atoms with Crippen molar-refractivity contribution in [3.8, 4) is 5.75 Å². The topological polar surface area (TPSA) is 101 Å². The summed E-state index contributed by atoms with van der Waals surface area (Å²) in [5.74, 6) is -1.61. The summed E-state index contributed by atoms with van der Waals surface area (Å²) in [4.78, 5) is 28.2. The number of anilines is 3. The van der Waals surface area contributed by atoms with Crippen LogP contribution in [0.25, 0.3) is 10.9 Å². The lowest BCUT2D eigenvalue weighted by molar-refractivity contribution is 0.0694. The molecule has 8 nitrogen and oxygen atoms in total. The maximum atomic E-state index is 15.2. The predicted molar refractivity (Wildman–Crippen MR) is 139 cm³/mol. The Morgan fingerprint density at radius 2 is 1.60 bits per heavy atom. The van der Waals surface area contributed by atoms with Gasteiger partial charge in [0.2, 0.25) is 5.43 Å². The number of piperazine rings is 1. The van der Waals surface area contributed by atoms with Gasteiger partial charge in [-0.2, -0.15) is 0 Å². The van der Waals surface area contributed by atoms with Gasteiger partial charge in [0.15, 0.2) is 11.6 Å². The van der Waals surface area contributed by atoms with Gasteiger partial charge >= 0.3 is 5.97 Å². The van der Waals surface area contributed by atoms with Gasteiger partial charge in [-0.1, -0.05) is 27.7 Å². The zero-order valence-corrected chi connectivity index (χ0v) is 20.7. The fourth-order valence-electron chi connectivity index (χ4n) is 4.37. The Balaban J connectivity index is 0.000000815. The molecule has 1 saturated heterocycles. The number of ether oxygens (including phenoxy) is 1. The molecule has 1 fully saturated rings. The minimum absolute atomic E-state index is 0.0244. The van der Waals surface area contributed by atoms with Crippen molar-refractivity contribution in [2.24, 2.45) is 0 Å². The highest BCUT2D eigenvalue weighted by Crippen LogP contribution is 2.40. The summed E-state index contributed by atoms with van der Waals surface area (Å²) in [7, 11) is 0. The van der Waals surface area contributed by atoms with Gasteiger partial charge < -0.3 is 29.9 Å². The van der Waals surface area contributed by atoms with Crippen molar-refractivity contribution < 1.29 is 19.0 Å². The Bertz CT molecular complexity index is 1250. The third-order valence-corrected chi connectivity index (χ3v) is 5.91. The zero-order valence-electron chi connectivity index (χ0n) is 20.7. The monoisotopic (exact) mass is 484 g/mol. The van der Waals surface area contributed by atoms with Crippen molar-refractivity contribution in [1.29, 1.82) is 0 Å². The van der Waals surface area contributed by atoms with Crippen LogP contribution in [0.2, 0.25) is 0 Å². The summed E-state index contributed by atoms with van der Waals surface area (Å²) in [5.41, 5.74) is 7.21. The van der Waals surface area contributed by atoms with Gasteiger partial charge in [0.25, 0.3) is 0 Å². The second kappa shape index (κ2) is 11.1. The van der Waals surface area contributed by atoms with Crippen molar-refractivity contribution in [2.45, 2.75) is 34.2 Å². The van der Waals surface area contributed by atoms with E-state index in [-0.39, 0.29) is 17.6 Å². The van der Waals surface area contributed by atoms with Crippen LogP contribution in [0.15, 0.2) is 41.3 Å². The van der Waals surface area contributed by atoms with Crippen LogP contribution in [0.5, 0.6) is 5.75 Å². The molecule has 2 aromatic carbocycles. The van der Waals surface area contributed by atoms with Crippen LogP contribution >= 0.6 is 0 Å². The normalized spacial score (nSPS) is 14.3. The van der Waals surface area contributed by atoms with E-state index in [1.807, 2.05) is 56.9 Å². The first kappa shape index (κ1) is 25.9. The second-order valence-corrected chi connectivity index (χ2v) is 7.72. The van der Waals surface area contributed by atoms with Crippen molar-refractivity contribution in [1.82, 2.24) is 4.57 Å². The number of nitrogen functional groups attached to an aromatic ring is 1. The minimum atomic E-state index is -1.33. The van der Waals surface area contributed by atoms with E-state index >= 15 is 4.39 Å². The molecule has 188 valence electrons. The van der Waals surface area contributed by atoms with Gasteiger partial charge in [-0.15, -0.1) is 0 Å². The van der Waals surface area contributed by atoms with E-state index in [1.165, 1.54) is 6.20 Å². The molecule has 0 atom stereocenters. The highest BCUT2D eigenvalue weighted by atomic mass is 19.1. The van der Waals surface area contributed by atoms with Crippen LogP contribution in [0.1, 0.15) is 38.1 Å². The van der Waals surface area contributed by atoms with Crippen molar-refractivity contribution >= 4 is 33.9 Å². The summed E-state index contributed by atoms with van der Waals surface area (Å²) >= 11 is 0. The molecule has 2 aliphatic rings. The molecule has 9 heteroatoms. The molecule has 0 unspecified atom stereocenters. The number of halogens is 1. The molecule has 0 saturated carbocycles. The Morgan fingerprint density at radius 3 is 2.20 bits per heavy atom. The first-order valence-corrected chi connectivity index (χ1v) is 12.0. The largest absolute Gasteiger partial charge is 0.487 e. The average Bonchev–Trinajstić information content (AvgIpc) is 2.89. The number of carbonyl (C=O) groups is 1. The van der Waals surface area contributed by atoms with Crippen LogP contribution in [0, 0.1) is 5.82 Å². The summed E-state index contributed by atoms with van der Waals surface area (Å²) in [5, 5.41) is 9.36. The molecular formula is C26H33FN4O4. The number of pyridine rings is 1. The van der Waals surface area contributed by atoms with Crippen molar-refractivity contribution in [3.05, 3.63) is 58.1 Å². The fourth-order valence-corrected chi connectivity index (χ4v) is 4.37. The number of nitrogens with zero attached hydrogens (tertiary/aromatic N) is 3. The number of aromatic carboxylic acids is 1. The molecule has 0 spiro atoms. The van der Waals surface area contributed by atoms with Gasteiger partial charge in [-0.25, -0.2) is 9.18 Å². The summed E-state index contributed by atoms with van der Waals surface area (Å²) in [6.07, 6.45) is 1.32. The predicted octanol–water partition coefficient (Wildman–Crippen LogP) is 4.19. The molecule has 0 bridgehead atoms. The number of carboxylic acids is 1. The van der Waals surface area contributed by atoms with Crippen LogP contribution in [-0.2, 0) is 6.54 Å². The zero-order chi connectivity index (χ0) is 25.7. The molecule has 3 heterocycles. The molecular weight excluding hydrogens is 451 g/mol. The van der Waals surface area contributed by atoms with Crippen LogP contribution < -0.4 is 25.7 Å².